The van der Waals surface area contributed by atoms with E-state index < -0.39 is 6.04 Å². The number of hydrogen-bond acceptors (Lipinski definition) is 4. The van der Waals surface area contributed by atoms with Gasteiger partial charge in [-0.3, -0.25) is 14.5 Å². The lowest BCUT2D eigenvalue weighted by Crippen LogP contribution is -2.50. The maximum absolute atomic E-state index is 13.9. The van der Waals surface area contributed by atoms with Gasteiger partial charge >= 0.3 is 0 Å². The molecule has 1 N–H and O–H groups in total. The van der Waals surface area contributed by atoms with Gasteiger partial charge < -0.3 is 9.73 Å². The molecule has 1 unspecified atom stereocenters. The highest BCUT2D eigenvalue weighted by molar-refractivity contribution is 6.12. The maximum atomic E-state index is 13.9. The summed E-state index contributed by atoms with van der Waals surface area (Å²) in [6, 6.07) is 24.1. The Balaban J connectivity index is 1.51. The molecule has 0 aliphatic carbocycles. The second-order valence-electron chi connectivity index (χ2n) is 8.50. The molecular formula is C28H25N3O3. The molecule has 2 heterocycles. The van der Waals surface area contributed by atoms with Crippen LogP contribution in [0.4, 0.5) is 11.4 Å². The number of oxazole rings is 1. The summed E-state index contributed by atoms with van der Waals surface area (Å²) in [5.41, 5.74) is 4.56. The molecule has 3 aromatic carbocycles. The highest BCUT2D eigenvalue weighted by Crippen LogP contribution is 2.33. The van der Waals surface area contributed by atoms with E-state index in [2.05, 4.69) is 10.3 Å². The molecule has 6 heteroatoms. The lowest BCUT2D eigenvalue weighted by molar-refractivity contribution is -0.117. The van der Waals surface area contributed by atoms with Crippen LogP contribution in [0.25, 0.3) is 11.5 Å². The van der Waals surface area contributed by atoms with Crippen molar-refractivity contribution in [2.45, 2.75) is 32.7 Å². The molecule has 170 valence electrons. The predicted molar refractivity (Wildman–Crippen MR) is 132 cm³/mol. The summed E-state index contributed by atoms with van der Waals surface area (Å²) in [7, 11) is 0. The van der Waals surface area contributed by atoms with Crippen molar-refractivity contribution < 1.29 is 14.0 Å². The minimum absolute atomic E-state index is 0.212. The zero-order valence-electron chi connectivity index (χ0n) is 19.1. The summed E-state index contributed by atoms with van der Waals surface area (Å²) in [6.45, 7) is 3.72. The molecule has 1 atom stereocenters. The first-order valence-electron chi connectivity index (χ1n) is 11.3. The molecule has 1 aromatic heterocycles. The summed E-state index contributed by atoms with van der Waals surface area (Å²) in [5, 5.41) is 2.97. The molecular weight excluding hydrogens is 426 g/mol. The smallest absolute Gasteiger partial charge is 0.281 e. The van der Waals surface area contributed by atoms with Crippen LogP contribution >= 0.6 is 0 Å². The number of nitrogens with zero attached hydrogens (tertiary/aromatic N) is 2. The first-order valence-corrected chi connectivity index (χ1v) is 11.3. The molecule has 1 aliphatic heterocycles. The fraction of sp³-hybridized carbons (Fsp3) is 0.179. The number of para-hydroxylation sites is 1. The Labute approximate surface area is 198 Å². The lowest BCUT2D eigenvalue weighted by Gasteiger charge is -2.36. The van der Waals surface area contributed by atoms with Crippen molar-refractivity contribution in [1.29, 1.82) is 0 Å². The first kappa shape index (κ1) is 21.6. The Hall–Kier alpha value is -4.19. The standard InChI is InChI=1S/C28H25N3O3/c1-18-12-15-22(16-13-18)29-26(32)24-17-14-20-8-6-7-11-23(20)31(24)28(33)25-19(2)34-27(30-25)21-9-4-3-5-10-21/h3-13,15-16,24H,14,17H2,1-2H3,(H,29,32). The van der Waals surface area contributed by atoms with Crippen LogP contribution < -0.4 is 10.2 Å². The molecule has 0 spiro atoms. The number of carbonyl (C=O) groups is 2. The van der Waals surface area contributed by atoms with Gasteiger partial charge in [0.05, 0.1) is 0 Å². The van der Waals surface area contributed by atoms with E-state index >= 15 is 0 Å². The second-order valence-corrected chi connectivity index (χ2v) is 8.50. The fourth-order valence-electron chi connectivity index (χ4n) is 4.32. The molecule has 34 heavy (non-hydrogen) atoms. The number of fused-ring (bicyclic) bond motifs is 1. The van der Waals surface area contributed by atoms with Crippen molar-refractivity contribution >= 4 is 23.2 Å². The Bertz CT molecular complexity index is 1340. The summed E-state index contributed by atoms with van der Waals surface area (Å²) >= 11 is 0. The summed E-state index contributed by atoms with van der Waals surface area (Å²) in [6.07, 6.45) is 1.22. The van der Waals surface area contributed by atoms with E-state index in [4.69, 9.17) is 4.42 Å². The third-order valence-electron chi connectivity index (χ3n) is 6.11. The van der Waals surface area contributed by atoms with E-state index in [9.17, 15) is 9.59 Å². The van der Waals surface area contributed by atoms with Gasteiger partial charge in [0.15, 0.2) is 5.69 Å². The van der Waals surface area contributed by atoms with E-state index in [1.807, 2.05) is 85.8 Å². The minimum Gasteiger partial charge on any atom is -0.441 e. The Kier molecular flexibility index (Phi) is 5.72. The molecule has 0 saturated heterocycles. The van der Waals surface area contributed by atoms with Crippen molar-refractivity contribution in [3.05, 3.63) is 101 Å². The monoisotopic (exact) mass is 451 g/mol. The largest absolute Gasteiger partial charge is 0.441 e. The second kappa shape index (κ2) is 8.98. The van der Waals surface area contributed by atoms with Crippen LogP contribution in [-0.4, -0.2) is 22.8 Å². The van der Waals surface area contributed by atoms with Crippen molar-refractivity contribution in [3.8, 4) is 11.5 Å². The number of carbonyl (C=O) groups excluding carboxylic acids is 2. The average molecular weight is 452 g/mol. The van der Waals surface area contributed by atoms with Gasteiger partial charge in [0.1, 0.15) is 11.8 Å². The van der Waals surface area contributed by atoms with Gasteiger partial charge in [-0.1, -0.05) is 54.1 Å². The van der Waals surface area contributed by atoms with E-state index in [0.29, 0.717) is 30.2 Å². The van der Waals surface area contributed by atoms with E-state index in [0.717, 1.165) is 22.4 Å². The number of aryl methyl sites for hydroxylation is 3. The summed E-state index contributed by atoms with van der Waals surface area (Å²) in [4.78, 5) is 33.3. The van der Waals surface area contributed by atoms with E-state index in [1.165, 1.54) is 0 Å². The summed E-state index contributed by atoms with van der Waals surface area (Å²) < 4.78 is 5.84. The fourth-order valence-corrected chi connectivity index (χ4v) is 4.32. The SMILES string of the molecule is Cc1ccc(NC(=O)C2CCc3ccccc3N2C(=O)c2nc(-c3ccccc3)oc2C)cc1. The Morgan fingerprint density at radius 2 is 1.65 bits per heavy atom. The number of aromatic nitrogens is 1. The third-order valence-corrected chi connectivity index (χ3v) is 6.11. The minimum atomic E-state index is -0.667. The van der Waals surface area contributed by atoms with Crippen molar-refractivity contribution in [2.75, 3.05) is 10.2 Å². The average Bonchev–Trinajstić information content (AvgIpc) is 3.26. The van der Waals surface area contributed by atoms with Gasteiger partial charge in [-0.15, -0.1) is 0 Å². The lowest BCUT2D eigenvalue weighted by atomic mass is 9.94. The highest BCUT2D eigenvalue weighted by Gasteiger charge is 2.38. The predicted octanol–water partition coefficient (Wildman–Crippen LogP) is 5.56. The van der Waals surface area contributed by atoms with Crippen LogP contribution in [-0.2, 0) is 11.2 Å². The van der Waals surface area contributed by atoms with E-state index in [1.54, 1.807) is 11.8 Å². The van der Waals surface area contributed by atoms with Gasteiger partial charge in [-0.25, -0.2) is 4.98 Å². The van der Waals surface area contributed by atoms with Crippen LogP contribution in [0.15, 0.2) is 83.3 Å². The topological polar surface area (TPSA) is 75.4 Å². The van der Waals surface area contributed by atoms with E-state index in [-0.39, 0.29) is 17.5 Å². The molecule has 0 radical (unpaired) electrons. The van der Waals surface area contributed by atoms with Crippen LogP contribution in [0, 0.1) is 13.8 Å². The molecule has 6 nitrogen and oxygen atoms in total. The van der Waals surface area contributed by atoms with Crippen molar-refractivity contribution in [2.24, 2.45) is 0 Å². The number of hydrogen-bond donors (Lipinski definition) is 1. The first-order chi connectivity index (χ1) is 16.5. The van der Waals surface area contributed by atoms with Crippen LogP contribution in [0.1, 0.15) is 33.8 Å². The Morgan fingerprint density at radius 1 is 0.941 bits per heavy atom. The van der Waals surface area contributed by atoms with Gasteiger partial charge in [-0.05, 0) is 62.6 Å². The molecule has 0 saturated carbocycles. The van der Waals surface area contributed by atoms with Gasteiger partial charge in [-0.2, -0.15) is 0 Å². The van der Waals surface area contributed by atoms with Crippen LogP contribution in [0.3, 0.4) is 0 Å². The maximum Gasteiger partial charge on any atom is 0.281 e. The number of anilines is 2. The Morgan fingerprint density at radius 3 is 2.41 bits per heavy atom. The number of amides is 2. The molecule has 0 bridgehead atoms. The molecule has 4 aromatic rings. The highest BCUT2D eigenvalue weighted by atomic mass is 16.4. The van der Waals surface area contributed by atoms with Crippen molar-refractivity contribution in [1.82, 2.24) is 4.98 Å². The number of rotatable bonds is 4. The molecule has 5 rings (SSSR count). The number of benzene rings is 3. The zero-order valence-corrected chi connectivity index (χ0v) is 19.1. The molecule has 1 aliphatic rings. The normalized spacial score (nSPS) is 15.0. The molecule has 2 amide bonds. The molecule has 0 fully saturated rings. The van der Waals surface area contributed by atoms with Crippen molar-refractivity contribution in [3.63, 3.8) is 0 Å². The number of nitrogens with one attached hydrogen (secondary N) is 1. The summed E-state index contributed by atoms with van der Waals surface area (Å²) in [5.74, 6) is 0.229. The van der Waals surface area contributed by atoms with Gasteiger partial charge in [0, 0.05) is 16.9 Å². The van der Waals surface area contributed by atoms with Gasteiger partial charge in [0.2, 0.25) is 11.8 Å². The van der Waals surface area contributed by atoms with Gasteiger partial charge in [0.25, 0.3) is 5.91 Å². The third kappa shape index (κ3) is 4.10. The van der Waals surface area contributed by atoms with Crippen LogP contribution in [0.2, 0.25) is 0 Å². The van der Waals surface area contributed by atoms with Crippen LogP contribution in [0.5, 0.6) is 0 Å². The quantitative estimate of drug-likeness (QED) is 0.441. The zero-order chi connectivity index (χ0) is 23.7.